The van der Waals surface area contributed by atoms with Gasteiger partial charge in [-0.05, 0) is 45.5 Å². The molecular formula is C26H39N3O5. The summed E-state index contributed by atoms with van der Waals surface area (Å²) >= 11 is 0. The standard InChI is InChI=1S/C26H35N3O5.2H2/c1-15-19-13-29-7-6-16-18-11-23(31-4)24(32-5)12-21(18)27-25(16)22(29)10-17(19)20(14-34-15)26(30)33-9-8-28(2)3;;/h11-12,14-15,17,19,22,27H,6-10,13H2,1-5H3;2*1H/t15-,17?,19?,22+;;/m0../s1. The van der Waals surface area contributed by atoms with Gasteiger partial charge in [0.15, 0.2) is 11.5 Å². The number of methoxy groups -OCH3 is 2. The number of carbonyl (C=O) groups excluding carboxylic acids is 1. The number of likely N-dealkylation sites (N-methyl/N-ethyl adjacent to an activating group) is 1. The minimum absolute atomic E-state index is 0. The third-order valence-corrected chi connectivity index (χ3v) is 7.73. The van der Waals surface area contributed by atoms with Crippen LogP contribution >= 0.6 is 0 Å². The molecule has 2 unspecified atom stereocenters. The Morgan fingerprint density at radius 1 is 1.26 bits per heavy atom. The molecule has 1 aromatic heterocycles. The van der Waals surface area contributed by atoms with E-state index >= 15 is 0 Å². The fourth-order valence-electron chi connectivity index (χ4n) is 5.85. The van der Waals surface area contributed by atoms with E-state index in [2.05, 4.69) is 22.9 Å². The highest BCUT2D eigenvalue weighted by Gasteiger charge is 2.47. The molecule has 0 amide bonds. The summed E-state index contributed by atoms with van der Waals surface area (Å²) in [5.74, 6) is 1.59. The van der Waals surface area contributed by atoms with Crippen molar-refractivity contribution in [2.75, 3.05) is 54.6 Å². The van der Waals surface area contributed by atoms with Crippen molar-refractivity contribution in [1.82, 2.24) is 14.8 Å². The van der Waals surface area contributed by atoms with Crippen LogP contribution in [0, 0.1) is 11.8 Å². The molecule has 0 spiro atoms. The van der Waals surface area contributed by atoms with Gasteiger partial charge in [-0.15, -0.1) is 0 Å². The first kappa shape index (κ1) is 23.1. The molecule has 34 heavy (non-hydrogen) atoms. The molecule has 188 valence electrons. The Bertz CT molecular complexity index is 1120. The van der Waals surface area contributed by atoms with Gasteiger partial charge < -0.3 is 28.8 Å². The predicted octanol–water partition coefficient (Wildman–Crippen LogP) is 3.62. The Balaban J connectivity index is 0.00000180. The van der Waals surface area contributed by atoms with E-state index in [0.717, 1.165) is 42.9 Å². The van der Waals surface area contributed by atoms with Gasteiger partial charge in [0.1, 0.15) is 6.61 Å². The fraction of sp³-hybridized carbons (Fsp3) is 0.577. The van der Waals surface area contributed by atoms with Crippen molar-refractivity contribution in [2.24, 2.45) is 11.8 Å². The number of benzene rings is 1. The Morgan fingerprint density at radius 2 is 2.03 bits per heavy atom. The van der Waals surface area contributed by atoms with E-state index < -0.39 is 0 Å². The molecule has 4 heterocycles. The van der Waals surface area contributed by atoms with Gasteiger partial charge in [0, 0.05) is 57.0 Å². The molecule has 3 aliphatic heterocycles. The fourth-order valence-corrected chi connectivity index (χ4v) is 5.85. The van der Waals surface area contributed by atoms with E-state index in [1.807, 2.05) is 25.1 Å². The van der Waals surface area contributed by atoms with Crippen LogP contribution in [0.4, 0.5) is 0 Å². The zero-order valence-corrected chi connectivity index (χ0v) is 20.7. The highest BCUT2D eigenvalue weighted by Crippen LogP contribution is 2.48. The van der Waals surface area contributed by atoms with Gasteiger partial charge in [-0.3, -0.25) is 4.90 Å². The summed E-state index contributed by atoms with van der Waals surface area (Å²) in [6, 6.07) is 4.32. The van der Waals surface area contributed by atoms with Crippen molar-refractivity contribution in [1.29, 1.82) is 0 Å². The largest absolute Gasteiger partial charge is 0.497 e. The second-order valence-corrected chi connectivity index (χ2v) is 9.89. The predicted molar refractivity (Wildman–Crippen MR) is 133 cm³/mol. The number of hydrogen-bond donors (Lipinski definition) is 1. The third-order valence-electron chi connectivity index (χ3n) is 7.73. The van der Waals surface area contributed by atoms with Crippen molar-refractivity contribution < 1.29 is 26.6 Å². The van der Waals surface area contributed by atoms with Crippen molar-refractivity contribution >= 4 is 16.9 Å². The molecule has 1 N–H and O–H groups in total. The number of ether oxygens (including phenoxy) is 4. The van der Waals surface area contributed by atoms with Crippen LogP contribution in [0.25, 0.3) is 10.9 Å². The van der Waals surface area contributed by atoms with Crippen LogP contribution in [0.1, 0.15) is 33.5 Å². The smallest absolute Gasteiger partial charge is 0.337 e. The van der Waals surface area contributed by atoms with E-state index in [1.165, 1.54) is 16.6 Å². The number of aromatic nitrogens is 1. The topological polar surface area (TPSA) is 76.3 Å². The number of aromatic amines is 1. The normalized spacial score (nSPS) is 26.2. The van der Waals surface area contributed by atoms with Crippen molar-refractivity contribution in [3.8, 4) is 11.5 Å². The summed E-state index contributed by atoms with van der Waals surface area (Å²) in [4.78, 5) is 21.2. The first-order valence-electron chi connectivity index (χ1n) is 12.1. The molecule has 1 aromatic carbocycles. The zero-order valence-electron chi connectivity index (χ0n) is 20.7. The van der Waals surface area contributed by atoms with Gasteiger partial charge in [0.25, 0.3) is 0 Å². The zero-order chi connectivity index (χ0) is 24.0. The highest BCUT2D eigenvalue weighted by molar-refractivity contribution is 5.90. The second kappa shape index (κ2) is 9.15. The number of fused-ring (bicyclic) bond motifs is 6. The summed E-state index contributed by atoms with van der Waals surface area (Å²) in [7, 11) is 7.27. The first-order chi connectivity index (χ1) is 16.4. The number of nitrogens with one attached hydrogen (secondary N) is 1. The maximum atomic E-state index is 13.0. The lowest BCUT2D eigenvalue weighted by molar-refractivity contribution is -0.142. The van der Waals surface area contributed by atoms with Crippen LogP contribution in [0.2, 0.25) is 0 Å². The summed E-state index contributed by atoms with van der Waals surface area (Å²) in [5, 5.41) is 1.19. The molecule has 0 aliphatic carbocycles. The molecule has 2 aromatic rings. The minimum atomic E-state index is -0.251. The number of esters is 1. The summed E-state index contributed by atoms with van der Waals surface area (Å²) in [5.41, 5.74) is 4.32. The lowest BCUT2D eigenvalue weighted by Gasteiger charge is -2.49. The number of hydrogen-bond acceptors (Lipinski definition) is 7. The van der Waals surface area contributed by atoms with Crippen LogP contribution < -0.4 is 9.47 Å². The Labute approximate surface area is 203 Å². The quantitative estimate of drug-likeness (QED) is 0.642. The number of H-pyrrole nitrogens is 1. The summed E-state index contributed by atoms with van der Waals surface area (Å²) in [6.45, 7) is 5.08. The van der Waals surface area contributed by atoms with E-state index in [0.29, 0.717) is 18.7 Å². The number of rotatable bonds is 6. The lowest BCUT2D eigenvalue weighted by atomic mass is 9.72. The van der Waals surface area contributed by atoms with Crippen molar-refractivity contribution in [2.45, 2.75) is 31.9 Å². The number of piperidine rings is 1. The molecule has 1 fully saturated rings. The van der Waals surface area contributed by atoms with Crippen LogP contribution in [-0.4, -0.2) is 81.4 Å². The summed E-state index contributed by atoms with van der Waals surface area (Å²) in [6.07, 6.45) is 3.57. The van der Waals surface area contributed by atoms with Crippen LogP contribution in [0.5, 0.6) is 11.5 Å². The maximum absolute atomic E-state index is 13.0. The molecule has 3 aliphatic rings. The van der Waals surface area contributed by atoms with E-state index in [9.17, 15) is 4.79 Å². The molecule has 8 nitrogen and oxygen atoms in total. The Kier molecular flexibility index (Phi) is 6.20. The molecule has 0 saturated carbocycles. The lowest BCUT2D eigenvalue weighted by Crippen LogP contribution is -2.51. The average molecular weight is 474 g/mol. The maximum Gasteiger partial charge on any atom is 0.337 e. The monoisotopic (exact) mass is 473 g/mol. The molecule has 8 heteroatoms. The van der Waals surface area contributed by atoms with Gasteiger partial charge in [-0.25, -0.2) is 4.79 Å². The van der Waals surface area contributed by atoms with Crippen LogP contribution in [0.15, 0.2) is 24.0 Å². The number of carbonyl (C=O) groups is 1. The van der Waals surface area contributed by atoms with E-state index in [4.69, 9.17) is 18.9 Å². The first-order valence-corrected chi connectivity index (χ1v) is 12.1. The van der Waals surface area contributed by atoms with E-state index in [1.54, 1.807) is 20.5 Å². The van der Waals surface area contributed by atoms with Crippen LogP contribution in [-0.2, 0) is 20.7 Å². The SMILES string of the molecule is COc1cc2[nH]c3c(c2cc1OC)CCN1CC2C(C[C@H]31)C(C(=O)OCCN(C)C)=CO[C@H]2C.[HH].[HH]. The number of nitrogens with zero attached hydrogens (tertiary/aromatic N) is 2. The van der Waals surface area contributed by atoms with Crippen LogP contribution in [0.3, 0.4) is 0 Å². The molecule has 0 bridgehead atoms. The summed E-state index contributed by atoms with van der Waals surface area (Å²) < 4.78 is 22.6. The third kappa shape index (κ3) is 3.92. The van der Waals surface area contributed by atoms with Gasteiger partial charge in [-0.1, -0.05) is 0 Å². The molecule has 1 saturated heterocycles. The Morgan fingerprint density at radius 3 is 2.76 bits per heavy atom. The van der Waals surface area contributed by atoms with Gasteiger partial charge in [0.2, 0.25) is 0 Å². The molecular weight excluding hydrogens is 434 g/mol. The van der Waals surface area contributed by atoms with Gasteiger partial charge in [0.05, 0.1) is 38.2 Å². The van der Waals surface area contributed by atoms with E-state index in [-0.39, 0.29) is 32.8 Å². The van der Waals surface area contributed by atoms with Gasteiger partial charge >= 0.3 is 5.97 Å². The molecule has 0 radical (unpaired) electrons. The molecule has 4 atom stereocenters. The van der Waals surface area contributed by atoms with Crippen molar-refractivity contribution in [3.63, 3.8) is 0 Å². The minimum Gasteiger partial charge on any atom is -0.497 e. The Hall–Kier alpha value is -2.71. The van der Waals surface area contributed by atoms with Gasteiger partial charge in [-0.2, -0.15) is 0 Å². The van der Waals surface area contributed by atoms with Crippen molar-refractivity contribution in [3.05, 3.63) is 35.2 Å². The average Bonchev–Trinajstić information content (AvgIpc) is 3.20. The highest BCUT2D eigenvalue weighted by atomic mass is 16.5. The second-order valence-electron chi connectivity index (χ2n) is 9.89. The molecule has 5 rings (SSSR count).